The van der Waals surface area contributed by atoms with Crippen molar-refractivity contribution in [3.05, 3.63) is 89.5 Å². The Morgan fingerprint density at radius 3 is 2.26 bits per heavy atom. The molecule has 0 aliphatic heterocycles. The maximum atomic E-state index is 12.5. The lowest BCUT2D eigenvalue weighted by molar-refractivity contribution is -0.141. The summed E-state index contributed by atoms with van der Waals surface area (Å²) in [6.07, 6.45) is 0.151. The first-order valence-electron chi connectivity index (χ1n) is 11.6. The van der Waals surface area contributed by atoms with Crippen molar-refractivity contribution in [2.75, 3.05) is 18.5 Å². The Bertz CT molecular complexity index is 1190. The molecule has 35 heavy (non-hydrogen) atoms. The molecule has 1 unspecified atom stereocenters. The number of hydrogen-bond donors (Lipinski definition) is 3. The molecule has 2 amide bonds. The Morgan fingerprint density at radius 1 is 0.943 bits per heavy atom. The van der Waals surface area contributed by atoms with Gasteiger partial charge in [0.25, 0.3) is 0 Å². The van der Waals surface area contributed by atoms with Crippen LogP contribution in [-0.4, -0.2) is 36.2 Å². The molecule has 0 spiro atoms. The van der Waals surface area contributed by atoms with Crippen molar-refractivity contribution in [2.45, 2.75) is 25.7 Å². The fraction of sp³-hybridized carbons (Fsp3) is 0.250. The van der Waals surface area contributed by atoms with Gasteiger partial charge in [-0.05, 0) is 46.4 Å². The van der Waals surface area contributed by atoms with E-state index >= 15 is 0 Å². The van der Waals surface area contributed by atoms with Crippen LogP contribution in [0.2, 0.25) is 0 Å². The molecular weight excluding hydrogens is 444 g/mol. The van der Waals surface area contributed by atoms with Gasteiger partial charge in [-0.2, -0.15) is 0 Å². The summed E-state index contributed by atoms with van der Waals surface area (Å²) in [4.78, 5) is 35.4. The van der Waals surface area contributed by atoms with Crippen LogP contribution >= 0.6 is 0 Å². The Kier molecular flexibility index (Phi) is 7.45. The number of anilines is 1. The van der Waals surface area contributed by atoms with Gasteiger partial charge < -0.3 is 15.2 Å². The van der Waals surface area contributed by atoms with E-state index in [1.54, 1.807) is 25.1 Å². The molecule has 0 aromatic heterocycles. The molecule has 3 aromatic rings. The predicted molar refractivity (Wildman–Crippen MR) is 133 cm³/mol. The summed E-state index contributed by atoms with van der Waals surface area (Å²) < 4.78 is 5.59. The number of rotatable bonds is 9. The molecule has 0 radical (unpaired) electrons. The lowest BCUT2D eigenvalue weighted by Crippen LogP contribution is -2.31. The largest absolute Gasteiger partial charge is 0.481 e. The van der Waals surface area contributed by atoms with Crippen molar-refractivity contribution in [1.82, 2.24) is 5.32 Å². The minimum absolute atomic E-state index is 0.0122. The second kappa shape index (κ2) is 10.9. The van der Waals surface area contributed by atoms with Gasteiger partial charge in [-0.1, -0.05) is 67.6 Å². The monoisotopic (exact) mass is 472 g/mol. The molecule has 0 heterocycles. The number of hydrogen-bond acceptors (Lipinski definition) is 4. The number of benzene rings is 3. The van der Waals surface area contributed by atoms with Crippen molar-refractivity contribution in [1.29, 1.82) is 0 Å². The fourth-order valence-electron chi connectivity index (χ4n) is 4.26. The molecule has 4 rings (SSSR count). The summed E-state index contributed by atoms with van der Waals surface area (Å²) in [5, 5.41) is 14.3. The number of nitrogens with one attached hydrogen (secondary N) is 2. The van der Waals surface area contributed by atoms with Crippen molar-refractivity contribution in [2.24, 2.45) is 5.92 Å². The molecule has 0 fully saturated rings. The number of fused-ring (bicyclic) bond motifs is 3. The average Bonchev–Trinajstić information content (AvgIpc) is 3.18. The molecule has 3 N–H and O–H groups in total. The molecule has 1 aliphatic carbocycles. The third-order valence-corrected chi connectivity index (χ3v) is 6.18. The molecule has 180 valence electrons. The second-order valence-electron chi connectivity index (χ2n) is 8.69. The summed E-state index contributed by atoms with van der Waals surface area (Å²) >= 11 is 0. The molecule has 1 atom stereocenters. The zero-order chi connectivity index (χ0) is 24.8. The predicted octanol–water partition coefficient (Wildman–Crippen LogP) is 4.82. The van der Waals surface area contributed by atoms with E-state index in [2.05, 4.69) is 34.9 Å². The summed E-state index contributed by atoms with van der Waals surface area (Å²) in [7, 11) is 0. The minimum atomic E-state index is -0.947. The average molecular weight is 473 g/mol. The van der Waals surface area contributed by atoms with E-state index in [9.17, 15) is 14.4 Å². The van der Waals surface area contributed by atoms with Gasteiger partial charge in [-0.3, -0.25) is 14.9 Å². The van der Waals surface area contributed by atoms with Gasteiger partial charge >= 0.3 is 12.1 Å². The van der Waals surface area contributed by atoms with Crippen molar-refractivity contribution in [3.8, 4) is 11.1 Å². The molecule has 3 aromatic carbocycles. The van der Waals surface area contributed by atoms with Crippen molar-refractivity contribution >= 4 is 23.7 Å². The number of carbonyl (C=O) groups excluding carboxylic acids is 2. The van der Waals surface area contributed by atoms with Gasteiger partial charge in [0, 0.05) is 24.6 Å². The third-order valence-electron chi connectivity index (χ3n) is 6.18. The smallest absolute Gasteiger partial charge is 0.411 e. The number of carboxylic acids is 1. The van der Waals surface area contributed by atoms with Gasteiger partial charge in [0.2, 0.25) is 5.91 Å². The van der Waals surface area contributed by atoms with E-state index in [-0.39, 0.29) is 31.4 Å². The van der Waals surface area contributed by atoms with E-state index in [0.29, 0.717) is 12.1 Å². The van der Waals surface area contributed by atoms with E-state index in [1.807, 2.05) is 30.3 Å². The van der Waals surface area contributed by atoms with Crippen LogP contribution in [0.15, 0.2) is 72.8 Å². The van der Waals surface area contributed by atoms with Crippen LogP contribution in [0.4, 0.5) is 10.5 Å². The van der Waals surface area contributed by atoms with Crippen LogP contribution < -0.4 is 10.6 Å². The quantitative estimate of drug-likeness (QED) is 0.414. The van der Waals surface area contributed by atoms with E-state index in [0.717, 1.165) is 16.7 Å². The maximum Gasteiger partial charge on any atom is 0.411 e. The zero-order valence-electron chi connectivity index (χ0n) is 19.5. The second-order valence-corrected chi connectivity index (χ2v) is 8.69. The molecule has 0 bridgehead atoms. The van der Waals surface area contributed by atoms with Crippen LogP contribution in [0.5, 0.6) is 0 Å². The fourth-order valence-corrected chi connectivity index (χ4v) is 4.26. The summed E-state index contributed by atoms with van der Waals surface area (Å²) in [5.41, 5.74) is 6.11. The number of carboxylic acid groups (broad SMARTS) is 1. The van der Waals surface area contributed by atoms with Gasteiger partial charge in [-0.15, -0.1) is 0 Å². The number of aryl methyl sites for hydroxylation is 1. The van der Waals surface area contributed by atoms with Crippen LogP contribution in [0, 0.1) is 5.92 Å². The summed E-state index contributed by atoms with van der Waals surface area (Å²) in [6.45, 7) is 1.87. The van der Waals surface area contributed by atoms with Crippen LogP contribution in [-0.2, 0) is 20.7 Å². The number of carbonyl (C=O) groups is 3. The molecule has 7 nitrogen and oxygen atoms in total. The number of amides is 2. The Hall–Kier alpha value is -4.13. The number of ether oxygens (including phenoxy) is 1. The Balaban J connectivity index is 1.30. The lowest BCUT2D eigenvalue weighted by Gasteiger charge is -2.15. The Labute approximate surface area is 204 Å². The van der Waals surface area contributed by atoms with Gasteiger partial charge in [-0.25, -0.2) is 4.79 Å². The highest BCUT2D eigenvalue weighted by Crippen LogP contribution is 2.44. The summed E-state index contributed by atoms with van der Waals surface area (Å²) in [5.74, 6) is -1.81. The van der Waals surface area contributed by atoms with Crippen molar-refractivity contribution < 1.29 is 24.2 Å². The van der Waals surface area contributed by atoms with E-state index in [1.165, 1.54) is 11.1 Å². The van der Waals surface area contributed by atoms with Gasteiger partial charge in [0.05, 0.1) is 5.92 Å². The molecule has 1 aliphatic rings. The molecule has 0 saturated carbocycles. The van der Waals surface area contributed by atoms with Gasteiger partial charge in [0.1, 0.15) is 6.61 Å². The topological polar surface area (TPSA) is 105 Å². The lowest BCUT2D eigenvalue weighted by atomic mass is 9.98. The third kappa shape index (κ3) is 5.87. The zero-order valence-corrected chi connectivity index (χ0v) is 19.5. The van der Waals surface area contributed by atoms with Crippen LogP contribution in [0.25, 0.3) is 11.1 Å². The normalized spacial score (nSPS) is 12.8. The molecular formula is C28H28N2O5. The number of aliphatic carboxylic acids is 1. The molecule has 0 saturated heterocycles. The standard InChI is InChI=1S/C28H28N2O5/c1-18(27(32)33)16-29-26(31)14-13-19-7-6-8-20(15-19)30-28(34)35-17-25-23-11-4-2-9-21(23)22-10-3-5-12-24(22)25/h2-12,15,18,25H,13-14,16-17H2,1H3,(H,29,31)(H,30,34)(H,32,33). The highest BCUT2D eigenvalue weighted by Gasteiger charge is 2.29. The minimum Gasteiger partial charge on any atom is -0.481 e. The first-order chi connectivity index (χ1) is 16.9. The Morgan fingerprint density at radius 2 is 1.60 bits per heavy atom. The van der Waals surface area contributed by atoms with Crippen LogP contribution in [0.1, 0.15) is 36.0 Å². The SMILES string of the molecule is CC(CNC(=O)CCc1cccc(NC(=O)OCC2c3ccccc3-c3ccccc32)c1)C(=O)O. The highest BCUT2D eigenvalue weighted by atomic mass is 16.5. The maximum absolute atomic E-state index is 12.5. The first kappa shape index (κ1) is 24.0. The van der Waals surface area contributed by atoms with Gasteiger partial charge in [0.15, 0.2) is 0 Å². The highest BCUT2D eigenvalue weighted by molar-refractivity contribution is 5.85. The van der Waals surface area contributed by atoms with E-state index in [4.69, 9.17) is 9.84 Å². The molecule has 7 heteroatoms. The van der Waals surface area contributed by atoms with E-state index < -0.39 is 18.0 Å². The first-order valence-corrected chi connectivity index (χ1v) is 11.6. The van der Waals surface area contributed by atoms with Crippen molar-refractivity contribution in [3.63, 3.8) is 0 Å². The van der Waals surface area contributed by atoms with Crippen LogP contribution in [0.3, 0.4) is 0 Å². The summed E-state index contributed by atoms with van der Waals surface area (Å²) in [6, 6.07) is 23.6.